The fourth-order valence-corrected chi connectivity index (χ4v) is 6.56. The molecule has 2 aromatic carbocycles. The van der Waals surface area contributed by atoms with Crippen molar-refractivity contribution in [2.24, 2.45) is 7.05 Å². The van der Waals surface area contributed by atoms with Crippen molar-refractivity contribution in [1.82, 2.24) is 20.1 Å². The van der Waals surface area contributed by atoms with Gasteiger partial charge in [0.25, 0.3) is 5.91 Å². The van der Waals surface area contributed by atoms with Crippen molar-refractivity contribution < 1.29 is 19.1 Å². The minimum absolute atomic E-state index is 0.132. The maximum Gasteiger partial charge on any atom is 0.254 e. The quantitative estimate of drug-likeness (QED) is 0.242. The van der Waals surface area contributed by atoms with Gasteiger partial charge < -0.3 is 24.7 Å². The summed E-state index contributed by atoms with van der Waals surface area (Å²) >= 11 is 2.80. The largest absolute Gasteiger partial charge is 0.493 e. The van der Waals surface area contributed by atoms with Gasteiger partial charge in [-0.1, -0.05) is 54.2 Å². The summed E-state index contributed by atoms with van der Waals surface area (Å²) in [5.74, 6) is 1.66. The number of nitrogens with zero attached hydrogens (tertiary/aromatic N) is 3. The van der Waals surface area contributed by atoms with Crippen molar-refractivity contribution in [3.8, 4) is 11.5 Å². The fourth-order valence-electron chi connectivity index (χ4n) is 4.53. The van der Waals surface area contributed by atoms with Crippen LogP contribution in [0.3, 0.4) is 0 Å². The topological polar surface area (TPSA) is 107 Å². The van der Waals surface area contributed by atoms with E-state index in [9.17, 15) is 9.59 Å². The molecule has 0 saturated carbocycles. The van der Waals surface area contributed by atoms with Crippen molar-refractivity contribution in [3.05, 3.63) is 82.0 Å². The van der Waals surface area contributed by atoms with E-state index in [0.29, 0.717) is 39.6 Å². The van der Waals surface area contributed by atoms with E-state index in [-0.39, 0.29) is 24.2 Å². The second kappa shape index (κ2) is 13.0. The molecule has 1 aliphatic carbocycles. The number of anilines is 1. The number of ether oxygens (including phenoxy) is 2. The number of benzene rings is 2. The number of rotatable bonds is 11. The predicted octanol–water partition coefficient (Wildman–Crippen LogP) is 5.00. The molecule has 0 bridgehead atoms. The van der Waals surface area contributed by atoms with Gasteiger partial charge in [0.2, 0.25) is 5.91 Å². The molecule has 0 aliphatic heterocycles. The van der Waals surface area contributed by atoms with Crippen LogP contribution >= 0.6 is 23.1 Å². The highest BCUT2D eigenvalue weighted by atomic mass is 32.2. The van der Waals surface area contributed by atoms with Crippen LogP contribution in [-0.4, -0.2) is 39.4 Å². The molecule has 208 valence electrons. The van der Waals surface area contributed by atoms with E-state index >= 15 is 0 Å². The number of carbonyl (C=O) groups excluding carboxylic acids is 2. The third-order valence-electron chi connectivity index (χ3n) is 6.63. The van der Waals surface area contributed by atoms with E-state index in [1.54, 1.807) is 11.7 Å². The monoisotopic (exact) mass is 577 g/mol. The average Bonchev–Trinajstić information content (AvgIpc) is 3.53. The maximum absolute atomic E-state index is 13.3. The molecule has 11 heteroatoms. The van der Waals surface area contributed by atoms with E-state index in [0.717, 1.165) is 36.8 Å². The van der Waals surface area contributed by atoms with Gasteiger partial charge in [-0.15, -0.1) is 21.5 Å². The van der Waals surface area contributed by atoms with E-state index < -0.39 is 0 Å². The fraction of sp³-hybridized carbons (Fsp3) is 0.310. The van der Waals surface area contributed by atoms with Crippen LogP contribution in [0.2, 0.25) is 0 Å². The standard InChI is InChI=1S/C29H31N5O4S2/c1-34-24(17-38-22-14-8-7-13-21(22)37-2)32-33-29(34)39-18-25(35)31-28-26(20-12-6-9-15-23(20)40-28)27(36)30-16-19-10-4-3-5-11-19/h3-5,7-8,10-11,13-14H,6,9,12,15-18H2,1-2H3,(H,30,36)(H,31,35). The molecule has 9 nitrogen and oxygen atoms in total. The molecule has 0 atom stereocenters. The number of aromatic nitrogens is 3. The number of amides is 2. The van der Waals surface area contributed by atoms with Crippen LogP contribution in [0.5, 0.6) is 11.5 Å². The summed E-state index contributed by atoms with van der Waals surface area (Å²) < 4.78 is 13.0. The van der Waals surface area contributed by atoms with Crippen LogP contribution in [0, 0.1) is 0 Å². The summed E-state index contributed by atoms with van der Waals surface area (Å²) in [5.41, 5.74) is 2.69. The van der Waals surface area contributed by atoms with E-state index in [1.807, 2.05) is 61.6 Å². The highest BCUT2D eigenvalue weighted by molar-refractivity contribution is 7.99. The first-order valence-electron chi connectivity index (χ1n) is 13.1. The Morgan fingerprint density at radius 1 is 1.02 bits per heavy atom. The molecule has 2 heterocycles. The number of para-hydroxylation sites is 2. The highest BCUT2D eigenvalue weighted by Gasteiger charge is 2.26. The average molecular weight is 578 g/mol. The number of aryl methyl sites for hydroxylation is 1. The lowest BCUT2D eigenvalue weighted by Gasteiger charge is -2.13. The van der Waals surface area contributed by atoms with Gasteiger partial charge in [-0.3, -0.25) is 9.59 Å². The van der Waals surface area contributed by atoms with E-state index in [1.165, 1.54) is 28.0 Å². The first kappa shape index (κ1) is 27.7. The Balaban J connectivity index is 1.21. The number of thiophene rings is 1. The third kappa shape index (κ3) is 6.48. The van der Waals surface area contributed by atoms with Crippen LogP contribution in [0.25, 0.3) is 0 Å². The van der Waals surface area contributed by atoms with Crippen LogP contribution in [-0.2, 0) is 37.8 Å². The second-order valence-corrected chi connectivity index (χ2v) is 11.4. The van der Waals surface area contributed by atoms with Crippen molar-refractivity contribution in [2.75, 3.05) is 18.2 Å². The molecule has 2 N–H and O–H groups in total. The number of fused-ring (bicyclic) bond motifs is 1. The first-order valence-corrected chi connectivity index (χ1v) is 14.9. The van der Waals surface area contributed by atoms with E-state index in [4.69, 9.17) is 9.47 Å². The Hall–Kier alpha value is -3.83. The summed E-state index contributed by atoms with van der Waals surface area (Å²) in [5, 5.41) is 15.7. The zero-order valence-electron chi connectivity index (χ0n) is 22.4. The lowest BCUT2D eigenvalue weighted by Crippen LogP contribution is -2.25. The lowest BCUT2D eigenvalue weighted by molar-refractivity contribution is -0.113. The van der Waals surface area contributed by atoms with Gasteiger partial charge in [-0.25, -0.2) is 0 Å². The minimum atomic E-state index is -0.199. The zero-order valence-corrected chi connectivity index (χ0v) is 24.1. The Bertz CT molecular complexity index is 1490. The molecule has 40 heavy (non-hydrogen) atoms. The molecule has 1 aliphatic rings. The molecular formula is C29H31N5O4S2. The smallest absolute Gasteiger partial charge is 0.254 e. The summed E-state index contributed by atoms with van der Waals surface area (Å²) in [4.78, 5) is 27.5. The third-order valence-corrected chi connectivity index (χ3v) is 8.86. The number of nitrogens with one attached hydrogen (secondary N) is 2. The van der Waals surface area contributed by atoms with Gasteiger partial charge in [0.1, 0.15) is 11.6 Å². The molecule has 5 rings (SSSR count). The van der Waals surface area contributed by atoms with Crippen molar-refractivity contribution in [3.63, 3.8) is 0 Å². The summed E-state index contributed by atoms with van der Waals surface area (Å²) in [7, 11) is 3.43. The van der Waals surface area contributed by atoms with Gasteiger partial charge in [0, 0.05) is 18.5 Å². The molecular weight excluding hydrogens is 546 g/mol. The lowest BCUT2D eigenvalue weighted by atomic mass is 9.95. The Labute approximate surface area is 241 Å². The molecule has 2 aromatic heterocycles. The summed E-state index contributed by atoms with van der Waals surface area (Å²) in [6.45, 7) is 0.640. The molecule has 0 fully saturated rings. The van der Waals surface area contributed by atoms with Gasteiger partial charge in [0.05, 0.1) is 18.4 Å². The Morgan fingerprint density at radius 2 is 1.77 bits per heavy atom. The van der Waals surface area contributed by atoms with Crippen molar-refractivity contribution in [1.29, 1.82) is 0 Å². The van der Waals surface area contributed by atoms with Crippen LogP contribution in [0.1, 0.15) is 45.0 Å². The number of thioether (sulfide) groups is 1. The van der Waals surface area contributed by atoms with Gasteiger partial charge in [-0.05, 0) is 48.9 Å². The Morgan fingerprint density at radius 3 is 2.58 bits per heavy atom. The SMILES string of the molecule is COc1ccccc1OCc1nnc(SCC(=O)Nc2sc3c(c2C(=O)NCc2ccccc2)CCCC3)n1C. The Kier molecular flexibility index (Phi) is 9.02. The summed E-state index contributed by atoms with van der Waals surface area (Å²) in [6, 6.07) is 17.2. The molecule has 0 spiro atoms. The highest BCUT2D eigenvalue weighted by Crippen LogP contribution is 2.38. The van der Waals surface area contributed by atoms with Gasteiger partial charge in [0.15, 0.2) is 22.5 Å². The maximum atomic E-state index is 13.3. The molecule has 2 amide bonds. The molecule has 4 aromatic rings. The second-order valence-electron chi connectivity index (χ2n) is 9.32. The van der Waals surface area contributed by atoms with Crippen molar-refractivity contribution in [2.45, 2.75) is 44.0 Å². The number of hydrogen-bond acceptors (Lipinski definition) is 8. The van der Waals surface area contributed by atoms with E-state index in [2.05, 4.69) is 20.8 Å². The number of carbonyl (C=O) groups is 2. The summed E-state index contributed by atoms with van der Waals surface area (Å²) in [6.07, 6.45) is 3.92. The number of hydrogen-bond donors (Lipinski definition) is 2. The van der Waals surface area contributed by atoms with Crippen molar-refractivity contribution >= 4 is 39.9 Å². The van der Waals surface area contributed by atoms with Gasteiger partial charge in [-0.2, -0.15) is 0 Å². The zero-order chi connectivity index (χ0) is 27.9. The molecule has 0 unspecified atom stereocenters. The number of methoxy groups -OCH3 is 1. The minimum Gasteiger partial charge on any atom is -0.493 e. The first-order chi connectivity index (χ1) is 19.5. The predicted molar refractivity (Wildman–Crippen MR) is 156 cm³/mol. The van der Waals surface area contributed by atoms with Crippen LogP contribution in [0.4, 0.5) is 5.00 Å². The van der Waals surface area contributed by atoms with Gasteiger partial charge >= 0.3 is 0 Å². The van der Waals surface area contributed by atoms with Crippen LogP contribution in [0.15, 0.2) is 59.8 Å². The molecule has 0 saturated heterocycles. The normalized spacial score (nSPS) is 12.4. The molecule has 0 radical (unpaired) electrons. The van der Waals surface area contributed by atoms with Crippen LogP contribution < -0.4 is 20.1 Å².